The molecule has 1 atom stereocenters. The van der Waals surface area contributed by atoms with Gasteiger partial charge in [-0.25, -0.2) is 19.2 Å². The molecule has 5 N–H and O–H groups in total. The number of hydrogen-bond donors (Lipinski definition) is 5. The van der Waals surface area contributed by atoms with Gasteiger partial charge in [-0.2, -0.15) is 0 Å². The molecule has 14 heteroatoms. The molecule has 2 aromatic carbocycles. The van der Waals surface area contributed by atoms with E-state index in [9.17, 15) is 0 Å². The molecular weight excluding hydrogens is 520 g/mol. The van der Waals surface area contributed by atoms with Crippen LogP contribution in [0.15, 0.2) is 36.4 Å². The molecule has 0 spiro atoms. The summed E-state index contributed by atoms with van der Waals surface area (Å²) in [7, 11) is 7.46. The highest BCUT2D eigenvalue weighted by atomic mass is 16.6. The number of nitrogens with zero attached hydrogens (tertiary/aromatic N) is 1. The van der Waals surface area contributed by atoms with Crippen molar-refractivity contribution in [1.82, 2.24) is 10.2 Å². The van der Waals surface area contributed by atoms with Crippen LogP contribution in [-0.4, -0.2) is 97.3 Å². The SMILES string of the molecule is COc1ccc(C(CNCc2ccc3c(c2)OCCO3)N(C)C)cc1OC.O=C(O)C(=O)O.O=C(O)C(=O)O. The van der Waals surface area contributed by atoms with E-state index in [1.807, 2.05) is 24.3 Å². The summed E-state index contributed by atoms with van der Waals surface area (Å²) in [6.45, 7) is 2.78. The van der Waals surface area contributed by atoms with Crippen LogP contribution in [0.4, 0.5) is 0 Å². The number of carboxylic acid groups (broad SMARTS) is 4. The van der Waals surface area contributed by atoms with Gasteiger partial charge in [0.15, 0.2) is 23.0 Å². The molecular formula is C25H32N2O12. The summed E-state index contributed by atoms with van der Waals surface area (Å²) in [5, 5.41) is 33.1. The first-order valence-electron chi connectivity index (χ1n) is 11.3. The molecule has 2 aromatic rings. The fraction of sp³-hybridized carbons (Fsp3) is 0.360. The van der Waals surface area contributed by atoms with E-state index in [0.29, 0.717) is 13.2 Å². The molecule has 1 heterocycles. The predicted molar refractivity (Wildman–Crippen MR) is 136 cm³/mol. The summed E-state index contributed by atoms with van der Waals surface area (Å²) >= 11 is 0. The Bertz CT molecular complexity index is 1090. The van der Waals surface area contributed by atoms with Crippen molar-refractivity contribution in [3.8, 4) is 23.0 Å². The number of nitrogens with one attached hydrogen (secondary N) is 1. The first kappa shape index (κ1) is 32.5. The maximum absolute atomic E-state index is 9.10. The molecule has 39 heavy (non-hydrogen) atoms. The molecule has 1 aliphatic heterocycles. The van der Waals surface area contributed by atoms with Crippen molar-refractivity contribution in [2.24, 2.45) is 0 Å². The van der Waals surface area contributed by atoms with Gasteiger partial charge in [0.25, 0.3) is 0 Å². The Balaban J connectivity index is 0.000000530. The summed E-state index contributed by atoms with van der Waals surface area (Å²) in [4.78, 5) is 38.6. The van der Waals surface area contributed by atoms with Gasteiger partial charge < -0.3 is 49.6 Å². The van der Waals surface area contributed by atoms with Gasteiger partial charge in [0.2, 0.25) is 0 Å². The monoisotopic (exact) mass is 552 g/mol. The fourth-order valence-electron chi connectivity index (χ4n) is 3.21. The van der Waals surface area contributed by atoms with Crippen molar-refractivity contribution in [2.75, 3.05) is 48.1 Å². The molecule has 3 rings (SSSR count). The van der Waals surface area contributed by atoms with Crippen molar-refractivity contribution >= 4 is 23.9 Å². The lowest BCUT2D eigenvalue weighted by molar-refractivity contribution is -0.159. The van der Waals surface area contributed by atoms with Gasteiger partial charge in [0.05, 0.1) is 14.2 Å². The van der Waals surface area contributed by atoms with E-state index in [1.165, 1.54) is 11.1 Å². The second-order valence-corrected chi connectivity index (χ2v) is 7.92. The van der Waals surface area contributed by atoms with E-state index in [-0.39, 0.29) is 6.04 Å². The van der Waals surface area contributed by atoms with Gasteiger partial charge in [0, 0.05) is 19.1 Å². The Kier molecular flexibility index (Phi) is 13.6. The van der Waals surface area contributed by atoms with Crippen LogP contribution in [0, 0.1) is 0 Å². The molecule has 0 amide bonds. The zero-order chi connectivity index (χ0) is 29.5. The number of carbonyl (C=O) groups is 4. The van der Waals surface area contributed by atoms with Crippen LogP contribution in [0.5, 0.6) is 23.0 Å². The molecule has 0 bridgehead atoms. The zero-order valence-electron chi connectivity index (χ0n) is 21.9. The molecule has 0 saturated carbocycles. The van der Waals surface area contributed by atoms with Crippen LogP contribution in [0.25, 0.3) is 0 Å². The highest BCUT2D eigenvalue weighted by molar-refractivity contribution is 6.27. The Hall–Kier alpha value is -4.56. The van der Waals surface area contributed by atoms with Crippen molar-refractivity contribution < 1.29 is 58.6 Å². The first-order valence-corrected chi connectivity index (χ1v) is 11.3. The topological polar surface area (TPSA) is 201 Å². The highest BCUT2D eigenvalue weighted by Crippen LogP contribution is 2.32. The summed E-state index contributed by atoms with van der Waals surface area (Å²) in [6.07, 6.45) is 0. The minimum absolute atomic E-state index is 0.210. The van der Waals surface area contributed by atoms with E-state index in [1.54, 1.807) is 14.2 Å². The van der Waals surface area contributed by atoms with Crippen LogP contribution >= 0.6 is 0 Å². The molecule has 0 aromatic heterocycles. The van der Waals surface area contributed by atoms with Crippen molar-refractivity contribution in [3.63, 3.8) is 0 Å². The van der Waals surface area contributed by atoms with Gasteiger partial charge in [0.1, 0.15) is 13.2 Å². The standard InChI is InChI=1S/C21H28N2O4.2C2H2O4/c1-23(2)17(16-6-8-18(24-3)20(12-16)25-4)14-22-13-15-5-7-19-21(11-15)27-10-9-26-19;2*3-1(4)2(5)6/h5-8,11-12,17,22H,9-10,13-14H2,1-4H3;2*(H,3,4)(H,5,6). The van der Waals surface area contributed by atoms with Crippen LogP contribution in [0.3, 0.4) is 0 Å². The minimum atomic E-state index is -1.82. The van der Waals surface area contributed by atoms with Crippen LogP contribution in [-0.2, 0) is 25.7 Å². The number of methoxy groups -OCH3 is 2. The van der Waals surface area contributed by atoms with Gasteiger partial charge in [-0.05, 0) is 49.5 Å². The average Bonchev–Trinajstić information content (AvgIpc) is 2.91. The molecule has 1 unspecified atom stereocenters. The number of likely N-dealkylation sites (N-methyl/N-ethyl adjacent to an activating group) is 1. The lowest BCUT2D eigenvalue weighted by atomic mass is 10.0. The Morgan fingerprint density at radius 3 is 1.85 bits per heavy atom. The number of aliphatic carboxylic acids is 4. The van der Waals surface area contributed by atoms with Gasteiger partial charge >= 0.3 is 23.9 Å². The maximum Gasteiger partial charge on any atom is 0.414 e. The third kappa shape index (κ3) is 11.2. The van der Waals surface area contributed by atoms with E-state index < -0.39 is 23.9 Å². The van der Waals surface area contributed by atoms with Gasteiger partial charge in [-0.3, -0.25) is 0 Å². The van der Waals surface area contributed by atoms with Crippen molar-refractivity contribution in [2.45, 2.75) is 12.6 Å². The van der Waals surface area contributed by atoms with E-state index >= 15 is 0 Å². The molecule has 14 nitrogen and oxygen atoms in total. The first-order chi connectivity index (χ1) is 18.4. The maximum atomic E-state index is 9.10. The lowest BCUT2D eigenvalue weighted by Crippen LogP contribution is -2.30. The van der Waals surface area contributed by atoms with E-state index in [4.69, 9.17) is 58.6 Å². The van der Waals surface area contributed by atoms with Crippen LogP contribution in [0.2, 0.25) is 0 Å². The number of benzene rings is 2. The molecule has 0 radical (unpaired) electrons. The van der Waals surface area contributed by atoms with Gasteiger partial charge in [-0.1, -0.05) is 12.1 Å². The second kappa shape index (κ2) is 16.3. The molecule has 1 aliphatic rings. The number of rotatable bonds is 8. The summed E-state index contributed by atoms with van der Waals surface area (Å²) in [5.74, 6) is -4.17. The number of carboxylic acids is 4. The Labute approximate surface area is 224 Å². The van der Waals surface area contributed by atoms with Crippen LogP contribution in [0.1, 0.15) is 17.2 Å². The third-order valence-corrected chi connectivity index (χ3v) is 5.06. The molecule has 214 valence electrons. The van der Waals surface area contributed by atoms with Crippen LogP contribution < -0.4 is 24.3 Å². The lowest BCUT2D eigenvalue weighted by Gasteiger charge is -2.26. The molecule has 0 fully saturated rings. The molecule has 0 saturated heterocycles. The summed E-state index contributed by atoms with van der Waals surface area (Å²) in [5.41, 5.74) is 2.34. The minimum Gasteiger partial charge on any atom is -0.493 e. The summed E-state index contributed by atoms with van der Waals surface area (Å²) < 4.78 is 22.0. The van der Waals surface area contributed by atoms with E-state index in [2.05, 4.69) is 36.4 Å². The van der Waals surface area contributed by atoms with Gasteiger partial charge in [-0.15, -0.1) is 0 Å². The smallest absolute Gasteiger partial charge is 0.414 e. The third-order valence-electron chi connectivity index (χ3n) is 5.06. The largest absolute Gasteiger partial charge is 0.493 e. The quantitative estimate of drug-likeness (QED) is 0.292. The average molecular weight is 553 g/mol. The fourth-order valence-corrected chi connectivity index (χ4v) is 3.21. The van der Waals surface area contributed by atoms with Crippen molar-refractivity contribution in [3.05, 3.63) is 47.5 Å². The normalized spacial score (nSPS) is 12.0. The number of ether oxygens (including phenoxy) is 4. The predicted octanol–water partition coefficient (Wildman–Crippen LogP) is 1.18. The number of hydrogen-bond acceptors (Lipinski definition) is 10. The highest BCUT2D eigenvalue weighted by Gasteiger charge is 2.17. The Morgan fingerprint density at radius 1 is 0.821 bits per heavy atom. The number of fused-ring (bicyclic) bond motifs is 1. The zero-order valence-corrected chi connectivity index (χ0v) is 21.9. The molecule has 0 aliphatic carbocycles. The Morgan fingerprint density at radius 2 is 1.36 bits per heavy atom. The van der Waals surface area contributed by atoms with Crippen molar-refractivity contribution in [1.29, 1.82) is 0 Å². The second-order valence-electron chi connectivity index (χ2n) is 7.92. The summed E-state index contributed by atoms with van der Waals surface area (Å²) in [6, 6.07) is 12.4. The van der Waals surface area contributed by atoms with E-state index in [0.717, 1.165) is 36.1 Å².